The van der Waals surface area contributed by atoms with Crippen LogP contribution in [-0.4, -0.2) is 24.3 Å². The summed E-state index contributed by atoms with van der Waals surface area (Å²) in [6, 6.07) is 6.91. The number of hydrogen-bond donors (Lipinski definition) is 3. The Bertz CT molecular complexity index is 415. The van der Waals surface area contributed by atoms with Gasteiger partial charge in [-0.1, -0.05) is 18.8 Å². The largest absolute Gasteiger partial charge is 0.384 e. The topological polar surface area (TPSA) is 61.4 Å². The van der Waals surface area contributed by atoms with Crippen LogP contribution in [-0.2, 0) is 0 Å². The smallest absolute Gasteiger partial charge is 0.319 e. The van der Waals surface area contributed by atoms with Crippen LogP contribution in [0.1, 0.15) is 18.9 Å². The number of aliphatic hydroxyl groups is 1. The molecule has 17 heavy (non-hydrogen) atoms. The lowest BCUT2D eigenvalue weighted by molar-refractivity contribution is 0.252. The van der Waals surface area contributed by atoms with E-state index < -0.39 is 0 Å². The van der Waals surface area contributed by atoms with E-state index in [1.807, 2.05) is 6.92 Å². The van der Waals surface area contributed by atoms with E-state index in [1.54, 1.807) is 24.3 Å². The van der Waals surface area contributed by atoms with E-state index in [2.05, 4.69) is 22.5 Å². The Kier molecular flexibility index (Phi) is 5.62. The van der Waals surface area contributed by atoms with Crippen molar-refractivity contribution in [2.24, 2.45) is 0 Å². The average molecular weight is 232 g/mol. The lowest BCUT2D eigenvalue weighted by Crippen LogP contribution is -2.29. The number of anilines is 1. The number of nitrogens with one attached hydrogen (secondary N) is 2. The van der Waals surface area contributed by atoms with Crippen LogP contribution in [0.2, 0.25) is 0 Å². The molecule has 4 heteroatoms. The number of amides is 2. The second-order valence-electron chi connectivity index (χ2n) is 3.42. The molecule has 4 nitrogen and oxygen atoms in total. The molecule has 0 bridgehead atoms. The van der Waals surface area contributed by atoms with Gasteiger partial charge in [-0.3, -0.25) is 0 Å². The van der Waals surface area contributed by atoms with Crippen molar-refractivity contribution in [3.05, 3.63) is 29.8 Å². The molecule has 0 spiro atoms. The monoisotopic (exact) mass is 232 g/mol. The Morgan fingerprint density at radius 3 is 2.65 bits per heavy atom. The summed E-state index contributed by atoms with van der Waals surface area (Å²) in [6.07, 6.45) is 0.906. The van der Waals surface area contributed by atoms with Gasteiger partial charge in [0, 0.05) is 17.8 Å². The van der Waals surface area contributed by atoms with E-state index in [1.165, 1.54) is 0 Å². The van der Waals surface area contributed by atoms with Gasteiger partial charge in [-0.2, -0.15) is 0 Å². The number of urea groups is 1. The highest BCUT2D eigenvalue weighted by molar-refractivity contribution is 5.89. The van der Waals surface area contributed by atoms with Crippen molar-refractivity contribution < 1.29 is 9.90 Å². The first-order valence-corrected chi connectivity index (χ1v) is 5.51. The maximum atomic E-state index is 11.3. The zero-order chi connectivity index (χ0) is 12.5. The molecule has 0 aliphatic carbocycles. The first kappa shape index (κ1) is 13.1. The number of carbonyl (C=O) groups is 1. The second-order valence-corrected chi connectivity index (χ2v) is 3.42. The average Bonchev–Trinajstić information content (AvgIpc) is 2.35. The van der Waals surface area contributed by atoms with Crippen molar-refractivity contribution >= 4 is 11.7 Å². The van der Waals surface area contributed by atoms with Crippen molar-refractivity contribution in [3.8, 4) is 11.8 Å². The van der Waals surface area contributed by atoms with E-state index >= 15 is 0 Å². The fourth-order valence-corrected chi connectivity index (χ4v) is 1.19. The Morgan fingerprint density at radius 2 is 2.06 bits per heavy atom. The Hall–Kier alpha value is -1.99. The van der Waals surface area contributed by atoms with Gasteiger partial charge in [0.25, 0.3) is 0 Å². The van der Waals surface area contributed by atoms with Crippen molar-refractivity contribution in [2.75, 3.05) is 18.5 Å². The number of aliphatic hydroxyl groups excluding tert-OH is 1. The van der Waals surface area contributed by atoms with Crippen LogP contribution in [0, 0.1) is 11.8 Å². The van der Waals surface area contributed by atoms with Gasteiger partial charge in [0.05, 0.1) is 0 Å². The molecule has 0 aromatic heterocycles. The fraction of sp³-hybridized carbons (Fsp3) is 0.308. The zero-order valence-corrected chi connectivity index (χ0v) is 9.79. The Labute approximate surface area is 101 Å². The third-order valence-corrected chi connectivity index (χ3v) is 1.99. The summed E-state index contributed by atoms with van der Waals surface area (Å²) in [6.45, 7) is 2.50. The maximum Gasteiger partial charge on any atom is 0.319 e. The highest BCUT2D eigenvalue weighted by atomic mass is 16.2. The highest BCUT2D eigenvalue weighted by Gasteiger charge is 1.99. The summed E-state index contributed by atoms with van der Waals surface area (Å²) in [5.74, 6) is 5.34. The molecule has 1 aromatic carbocycles. The summed E-state index contributed by atoms with van der Waals surface area (Å²) in [5, 5.41) is 14.0. The summed E-state index contributed by atoms with van der Waals surface area (Å²) in [4.78, 5) is 11.3. The molecular weight excluding hydrogens is 216 g/mol. The minimum absolute atomic E-state index is 0.153. The van der Waals surface area contributed by atoms with Crippen LogP contribution in [0.4, 0.5) is 10.5 Å². The summed E-state index contributed by atoms with van der Waals surface area (Å²) < 4.78 is 0. The molecule has 0 atom stereocenters. The molecule has 1 rings (SSSR count). The van der Waals surface area contributed by atoms with Gasteiger partial charge < -0.3 is 15.7 Å². The molecule has 0 fully saturated rings. The molecule has 90 valence electrons. The van der Waals surface area contributed by atoms with Crippen LogP contribution >= 0.6 is 0 Å². The molecule has 0 radical (unpaired) electrons. The number of hydrogen-bond acceptors (Lipinski definition) is 2. The van der Waals surface area contributed by atoms with E-state index in [9.17, 15) is 4.79 Å². The minimum Gasteiger partial charge on any atom is -0.384 e. The molecule has 3 N–H and O–H groups in total. The number of benzene rings is 1. The molecule has 0 aliphatic rings. The first-order valence-electron chi connectivity index (χ1n) is 5.51. The highest BCUT2D eigenvalue weighted by Crippen LogP contribution is 2.08. The molecule has 0 heterocycles. The van der Waals surface area contributed by atoms with Crippen LogP contribution < -0.4 is 10.6 Å². The predicted molar refractivity (Wildman–Crippen MR) is 67.7 cm³/mol. The van der Waals surface area contributed by atoms with Crippen LogP contribution in [0.3, 0.4) is 0 Å². The van der Waals surface area contributed by atoms with Crippen LogP contribution in [0.25, 0.3) is 0 Å². The van der Waals surface area contributed by atoms with Gasteiger partial charge in [0.15, 0.2) is 0 Å². The normalized spacial score (nSPS) is 9.06. The van der Waals surface area contributed by atoms with Crippen molar-refractivity contribution in [2.45, 2.75) is 13.3 Å². The first-order chi connectivity index (χ1) is 8.26. The number of rotatable bonds is 3. The second kappa shape index (κ2) is 7.31. The van der Waals surface area contributed by atoms with Gasteiger partial charge in [-0.25, -0.2) is 4.79 Å². The SMILES string of the molecule is CCCNC(=O)Nc1ccc(C#CCO)cc1. The van der Waals surface area contributed by atoms with Crippen molar-refractivity contribution in [1.82, 2.24) is 5.32 Å². The van der Waals surface area contributed by atoms with Crippen molar-refractivity contribution in [3.63, 3.8) is 0 Å². The van der Waals surface area contributed by atoms with Crippen LogP contribution in [0.5, 0.6) is 0 Å². The fourth-order valence-electron chi connectivity index (χ4n) is 1.19. The van der Waals surface area contributed by atoms with Gasteiger partial charge in [0.2, 0.25) is 0 Å². The van der Waals surface area contributed by atoms with E-state index in [4.69, 9.17) is 5.11 Å². The van der Waals surface area contributed by atoms with Gasteiger partial charge in [0.1, 0.15) is 6.61 Å². The molecule has 0 saturated heterocycles. The third kappa shape index (κ3) is 5.05. The predicted octanol–water partition coefficient (Wildman–Crippen LogP) is 1.56. The van der Waals surface area contributed by atoms with Gasteiger partial charge in [-0.15, -0.1) is 0 Å². The molecular formula is C13H16N2O2. The van der Waals surface area contributed by atoms with E-state index in [0.717, 1.165) is 12.0 Å². The van der Waals surface area contributed by atoms with Crippen LogP contribution in [0.15, 0.2) is 24.3 Å². The lowest BCUT2D eigenvalue weighted by atomic mass is 10.2. The molecule has 0 aliphatic heterocycles. The molecule has 2 amide bonds. The number of carbonyl (C=O) groups excluding carboxylic acids is 1. The van der Waals surface area contributed by atoms with E-state index in [-0.39, 0.29) is 12.6 Å². The molecule has 1 aromatic rings. The molecule has 0 unspecified atom stereocenters. The lowest BCUT2D eigenvalue weighted by Gasteiger charge is -2.06. The third-order valence-electron chi connectivity index (χ3n) is 1.99. The zero-order valence-electron chi connectivity index (χ0n) is 9.79. The van der Waals surface area contributed by atoms with E-state index in [0.29, 0.717) is 12.2 Å². The summed E-state index contributed by atoms with van der Waals surface area (Å²) >= 11 is 0. The Balaban J connectivity index is 2.53. The summed E-state index contributed by atoms with van der Waals surface area (Å²) in [7, 11) is 0. The quantitative estimate of drug-likeness (QED) is 0.693. The Morgan fingerprint density at radius 1 is 1.35 bits per heavy atom. The van der Waals surface area contributed by atoms with Gasteiger partial charge >= 0.3 is 6.03 Å². The summed E-state index contributed by atoms with van der Waals surface area (Å²) in [5.41, 5.74) is 1.52. The minimum atomic E-state index is -0.207. The molecule has 0 saturated carbocycles. The van der Waals surface area contributed by atoms with Crippen molar-refractivity contribution in [1.29, 1.82) is 0 Å². The van der Waals surface area contributed by atoms with Gasteiger partial charge in [-0.05, 0) is 30.7 Å². The maximum absolute atomic E-state index is 11.3. The standard InChI is InChI=1S/C13H16N2O2/c1-2-9-14-13(17)15-12-7-5-11(6-8-12)4-3-10-16/h5-8,16H,2,9-10H2,1H3,(H2,14,15,17).